The van der Waals surface area contributed by atoms with Crippen LogP contribution in [0, 0.1) is 0 Å². The molecule has 1 saturated carbocycles. The molecule has 0 spiro atoms. The molecule has 0 saturated heterocycles. The highest BCUT2D eigenvalue weighted by Crippen LogP contribution is 2.20. The molecule has 0 heterocycles. The van der Waals surface area contributed by atoms with Gasteiger partial charge in [-0.1, -0.05) is 30.3 Å². The van der Waals surface area contributed by atoms with Crippen LogP contribution < -0.4 is 5.32 Å². The van der Waals surface area contributed by atoms with E-state index in [4.69, 9.17) is 0 Å². The Morgan fingerprint density at radius 3 is 2.69 bits per heavy atom. The first-order valence-corrected chi connectivity index (χ1v) is 5.78. The predicted octanol–water partition coefficient (Wildman–Crippen LogP) is 1.78. The molecule has 2 N–H and O–H groups in total. The molecule has 86 valence electrons. The van der Waals surface area contributed by atoms with Crippen molar-refractivity contribution in [2.24, 2.45) is 0 Å². The number of rotatable bonds is 5. The molecule has 1 atom stereocenters. The van der Waals surface area contributed by atoms with Crippen molar-refractivity contribution >= 4 is 5.91 Å². The maximum absolute atomic E-state index is 11.4. The third-order valence-electron chi connectivity index (χ3n) is 2.77. The second-order valence-electron chi connectivity index (χ2n) is 4.31. The summed E-state index contributed by atoms with van der Waals surface area (Å²) in [7, 11) is 0. The monoisotopic (exact) mass is 219 g/mol. The van der Waals surface area contributed by atoms with Crippen LogP contribution in [-0.4, -0.2) is 17.1 Å². The maximum Gasteiger partial charge on any atom is 0.220 e. The van der Waals surface area contributed by atoms with Crippen LogP contribution in [0.2, 0.25) is 0 Å². The predicted molar refractivity (Wildman–Crippen MR) is 61.8 cm³/mol. The fourth-order valence-corrected chi connectivity index (χ4v) is 1.64. The molecule has 1 aromatic rings. The van der Waals surface area contributed by atoms with Gasteiger partial charge in [0.2, 0.25) is 5.91 Å². The Bertz CT molecular complexity index is 346. The van der Waals surface area contributed by atoms with Crippen LogP contribution >= 0.6 is 0 Å². The van der Waals surface area contributed by atoms with E-state index in [0.717, 1.165) is 18.4 Å². The number of hydrogen-bond donors (Lipinski definition) is 2. The summed E-state index contributed by atoms with van der Waals surface area (Å²) in [5, 5.41) is 12.7. The molecule has 1 amide bonds. The van der Waals surface area contributed by atoms with Crippen molar-refractivity contribution in [1.82, 2.24) is 5.32 Å². The number of aliphatic hydroxyl groups excluding tert-OH is 1. The van der Waals surface area contributed by atoms with Gasteiger partial charge in [0.1, 0.15) is 0 Å². The lowest BCUT2D eigenvalue weighted by Crippen LogP contribution is -2.25. The van der Waals surface area contributed by atoms with Gasteiger partial charge >= 0.3 is 0 Å². The van der Waals surface area contributed by atoms with E-state index in [1.165, 1.54) is 0 Å². The average Bonchev–Trinajstić information content (AvgIpc) is 3.11. The van der Waals surface area contributed by atoms with Crippen molar-refractivity contribution in [3.05, 3.63) is 35.9 Å². The number of benzene rings is 1. The van der Waals surface area contributed by atoms with E-state index in [9.17, 15) is 9.90 Å². The number of carbonyl (C=O) groups is 1. The van der Waals surface area contributed by atoms with Gasteiger partial charge in [-0.2, -0.15) is 0 Å². The van der Waals surface area contributed by atoms with Gasteiger partial charge in [0, 0.05) is 12.5 Å². The van der Waals surface area contributed by atoms with Crippen molar-refractivity contribution in [1.29, 1.82) is 0 Å². The van der Waals surface area contributed by atoms with E-state index in [1.807, 2.05) is 30.3 Å². The van der Waals surface area contributed by atoms with Crippen molar-refractivity contribution in [2.45, 2.75) is 37.8 Å². The van der Waals surface area contributed by atoms with Gasteiger partial charge < -0.3 is 10.4 Å². The minimum Gasteiger partial charge on any atom is -0.388 e. The first-order chi connectivity index (χ1) is 7.75. The lowest BCUT2D eigenvalue weighted by atomic mass is 10.1. The Balaban J connectivity index is 1.74. The van der Waals surface area contributed by atoms with E-state index in [2.05, 4.69) is 5.32 Å². The van der Waals surface area contributed by atoms with Crippen LogP contribution in [0.3, 0.4) is 0 Å². The minimum absolute atomic E-state index is 0.0532. The van der Waals surface area contributed by atoms with Gasteiger partial charge in [-0.05, 0) is 24.8 Å². The highest BCUT2D eigenvalue weighted by atomic mass is 16.3. The van der Waals surface area contributed by atoms with Crippen LogP contribution in [0.4, 0.5) is 0 Å². The topological polar surface area (TPSA) is 49.3 Å². The normalized spacial score (nSPS) is 16.8. The fourth-order valence-electron chi connectivity index (χ4n) is 1.64. The van der Waals surface area contributed by atoms with Crippen LogP contribution in [0.1, 0.15) is 37.4 Å². The first kappa shape index (κ1) is 11.1. The third-order valence-corrected chi connectivity index (χ3v) is 2.77. The van der Waals surface area contributed by atoms with E-state index in [1.54, 1.807) is 0 Å². The van der Waals surface area contributed by atoms with Gasteiger partial charge in [0.15, 0.2) is 0 Å². The second-order valence-corrected chi connectivity index (χ2v) is 4.31. The number of nitrogens with one attached hydrogen (secondary N) is 1. The zero-order chi connectivity index (χ0) is 11.4. The molecule has 1 aliphatic rings. The zero-order valence-electron chi connectivity index (χ0n) is 9.23. The minimum atomic E-state index is -0.536. The summed E-state index contributed by atoms with van der Waals surface area (Å²) in [4.78, 5) is 11.4. The van der Waals surface area contributed by atoms with E-state index < -0.39 is 6.10 Å². The Morgan fingerprint density at radius 2 is 2.06 bits per heavy atom. The molecule has 0 bridgehead atoms. The highest BCUT2D eigenvalue weighted by Gasteiger charge is 2.23. The largest absolute Gasteiger partial charge is 0.388 e. The van der Waals surface area contributed by atoms with Crippen molar-refractivity contribution in [3.63, 3.8) is 0 Å². The molecule has 0 aliphatic heterocycles. The van der Waals surface area contributed by atoms with Crippen molar-refractivity contribution in [3.8, 4) is 0 Å². The Labute approximate surface area is 95.5 Å². The van der Waals surface area contributed by atoms with Gasteiger partial charge in [-0.15, -0.1) is 0 Å². The molecule has 0 aromatic heterocycles. The Kier molecular flexibility index (Phi) is 3.57. The highest BCUT2D eigenvalue weighted by molar-refractivity contribution is 5.76. The first-order valence-electron chi connectivity index (χ1n) is 5.78. The maximum atomic E-state index is 11.4. The molecule has 16 heavy (non-hydrogen) atoms. The summed E-state index contributed by atoms with van der Waals surface area (Å²) in [5.74, 6) is 0.0532. The molecule has 1 fully saturated rings. The summed E-state index contributed by atoms with van der Waals surface area (Å²) in [6.45, 7) is 0. The van der Waals surface area contributed by atoms with Gasteiger partial charge in [0.05, 0.1) is 6.10 Å². The molecule has 1 unspecified atom stereocenters. The van der Waals surface area contributed by atoms with Crippen LogP contribution in [-0.2, 0) is 4.79 Å². The molecule has 1 aliphatic carbocycles. The lowest BCUT2D eigenvalue weighted by Gasteiger charge is -2.10. The fraction of sp³-hybridized carbons (Fsp3) is 0.462. The molecule has 0 radical (unpaired) electrons. The van der Waals surface area contributed by atoms with E-state index in [0.29, 0.717) is 18.9 Å². The third kappa shape index (κ3) is 3.35. The number of hydrogen-bond acceptors (Lipinski definition) is 2. The average molecular weight is 219 g/mol. The smallest absolute Gasteiger partial charge is 0.220 e. The van der Waals surface area contributed by atoms with Crippen molar-refractivity contribution < 1.29 is 9.90 Å². The van der Waals surface area contributed by atoms with Crippen molar-refractivity contribution in [2.75, 3.05) is 0 Å². The summed E-state index contributed by atoms with van der Waals surface area (Å²) in [6, 6.07) is 9.86. The number of carbonyl (C=O) groups excluding carboxylic acids is 1. The van der Waals surface area contributed by atoms with Gasteiger partial charge in [-0.25, -0.2) is 0 Å². The Morgan fingerprint density at radius 1 is 1.38 bits per heavy atom. The number of amides is 1. The van der Waals surface area contributed by atoms with Crippen LogP contribution in [0.15, 0.2) is 30.3 Å². The molecular formula is C13H17NO2. The molecular weight excluding hydrogens is 202 g/mol. The zero-order valence-corrected chi connectivity index (χ0v) is 9.23. The molecule has 1 aromatic carbocycles. The summed E-state index contributed by atoms with van der Waals surface area (Å²) in [6.07, 6.45) is 2.56. The van der Waals surface area contributed by atoms with Crippen LogP contribution in [0.5, 0.6) is 0 Å². The van der Waals surface area contributed by atoms with E-state index >= 15 is 0 Å². The quantitative estimate of drug-likeness (QED) is 0.793. The number of aliphatic hydroxyl groups is 1. The summed E-state index contributed by atoms with van der Waals surface area (Å²) >= 11 is 0. The van der Waals surface area contributed by atoms with Crippen LogP contribution in [0.25, 0.3) is 0 Å². The van der Waals surface area contributed by atoms with Gasteiger partial charge in [-0.3, -0.25) is 4.79 Å². The summed E-state index contributed by atoms with van der Waals surface area (Å²) in [5.41, 5.74) is 0.877. The Hall–Kier alpha value is -1.35. The van der Waals surface area contributed by atoms with Gasteiger partial charge in [0.25, 0.3) is 0 Å². The second kappa shape index (κ2) is 5.12. The standard InChI is InChI=1S/C13H17NO2/c15-12(10-4-2-1-3-5-10)8-9-13(16)14-11-6-7-11/h1-5,11-12,15H,6-9H2,(H,14,16). The molecule has 3 nitrogen and oxygen atoms in total. The molecule has 2 rings (SSSR count). The van der Waals surface area contributed by atoms with E-state index in [-0.39, 0.29) is 5.91 Å². The summed E-state index contributed by atoms with van der Waals surface area (Å²) < 4.78 is 0. The molecule has 3 heteroatoms. The lowest BCUT2D eigenvalue weighted by molar-refractivity contribution is -0.121. The SMILES string of the molecule is O=C(CCC(O)c1ccccc1)NC1CC1.